The van der Waals surface area contributed by atoms with Crippen LogP contribution < -0.4 is 0 Å². The molecule has 4 heteroatoms. The van der Waals surface area contributed by atoms with Crippen molar-refractivity contribution in [2.45, 2.75) is 110 Å². The lowest BCUT2D eigenvalue weighted by atomic mass is 10.1. The molecular formula is C18H38O3S. The van der Waals surface area contributed by atoms with Gasteiger partial charge >= 0.3 is 11.4 Å². The van der Waals surface area contributed by atoms with Crippen LogP contribution in [0.15, 0.2) is 0 Å². The Bertz CT molecular complexity index is 246. The van der Waals surface area contributed by atoms with Gasteiger partial charge in [0, 0.05) is 0 Å². The molecule has 0 spiro atoms. The van der Waals surface area contributed by atoms with Gasteiger partial charge in [0.25, 0.3) is 0 Å². The maximum Gasteiger partial charge on any atom is 0.304 e. The summed E-state index contributed by atoms with van der Waals surface area (Å²) in [4.78, 5) is 0. The second-order valence-electron chi connectivity index (χ2n) is 6.26. The number of unbranched alkanes of at least 4 members (excludes halogenated alkanes) is 10. The van der Waals surface area contributed by atoms with Gasteiger partial charge in [0.15, 0.2) is 0 Å². The summed E-state index contributed by atoms with van der Waals surface area (Å²) in [6, 6.07) is 0. The molecule has 0 aliphatic carbocycles. The van der Waals surface area contributed by atoms with E-state index in [1.165, 1.54) is 57.8 Å². The lowest BCUT2D eigenvalue weighted by molar-refractivity contribution is 0.185. The zero-order chi connectivity index (χ0) is 16.5. The lowest BCUT2D eigenvalue weighted by Gasteiger charge is -2.10. The molecule has 0 aromatic heterocycles. The van der Waals surface area contributed by atoms with Gasteiger partial charge in [-0.25, -0.2) is 0 Å². The molecule has 0 aromatic carbocycles. The maximum atomic E-state index is 11.5. The van der Waals surface area contributed by atoms with E-state index >= 15 is 0 Å². The van der Waals surface area contributed by atoms with Crippen LogP contribution in [0.25, 0.3) is 0 Å². The summed E-state index contributed by atoms with van der Waals surface area (Å²) in [5, 5.41) is 0. The number of hydrogen-bond donors (Lipinski definition) is 0. The zero-order valence-corrected chi connectivity index (χ0v) is 15.9. The maximum absolute atomic E-state index is 11.5. The molecule has 0 N–H and O–H groups in total. The molecule has 0 amide bonds. The highest BCUT2D eigenvalue weighted by Crippen LogP contribution is 2.11. The van der Waals surface area contributed by atoms with E-state index in [1.807, 2.05) is 6.92 Å². The van der Waals surface area contributed by atoms with E-state index in [0.717, 1.165) is 25.7 Å². The molecule has 134 valence electrons. The Morgan fingerprint density at radius 2 is 1.27 bits per heavy atom. The number of rotatable bonds is 17. The Hall–Kier alpha value is 0.0700. The van der Waals surface area contributed by atoms with Crippen molar-refractivity contribution >= 4 is 11.4 Å². The van der Waals surface area contributed by atoms with E-state index in [-0.39, 0.29) is 6.10 Å². The van der Waals surface area contributed by atoms with Gasteiger partial charge < -0.3 is 0 Å². The van der Waals surface area contributed by atoms with E-state index in [4.69, 9.17) is 8.37 Å². The molecule has 0 heterocycles. The van der Waals surface area contributed by atoms with Gasteiger partial charge in [-0.3, -0.25) is 8.37 Å². The zero-order valence-electron chi connectivity index (χ0n) is 15.1. The lowest BCUT2D eigenvalue weighted by Crippen LogP contribution is -2.12. The van der Waals surface area contributed by atoms with Gasteiger partial charge in [-0.05, 0) is 19.8 Å². The summed E-state index contributed by atoms with van der Waals surface area (Å²) in [6.45, 7) is 6.83. The smallest absolute Gasteiger partial charge is 0.268 e. The second-order valence-corrected chi connectivity index (χ2v) is 7.09. The van der Waals surface area contributed by atoms with Crippen LogP contribution in [0.3, 0.4) is 0 Å². The summed E-state index contributed by atoms with van der Waals surface area (Å²) in [6.07, 6.45) is 16.4. The van der Waals surface area contributed by atoms with Crippen molar-refractivity contribution < 1.29 is 12.6 Å². The molecule has 0 saturated carbocycles. The molecule has 2 unspecified atom stereocenters. The van der Waals surface area contributed by atoms with Crippen LogP contribution in [0.2, 0.25) is 0 Å². The molecular weight excluding hydrogens is 296 g/mol. The molecule has 3 nitrogen and oxygen atoms in total. The molecule has 0 rings (SSSR count). The minimum absolute atomic E-state index is 0.0168. The highest BCUT2D eigenvalue weighted by molar-refractivity contribution is 7.75. The van der Waals surface area contributed by atoms with E-state index in [2.05, 4.69) is 13.8 Å². The minimum Gasteiger partial charge on any atom is -0.268 e. The highest BCUT2D eigenvalue weighted by Gasteiger charge is 2.07. The van der Waals surface area contributed by atoms with Gasteiger partial charge in [0.05, 0.1) is 12.7 Å². The van der Waals surface area contributed by atoms with Crippen LogP contribution in [0.5, 0.6) is 0 Å². The first kappa shape index (κ1) is 22.1. The molecule has 0 bridgehead atoms. The largest absolute Gasteiger partial charge is 0.304 e. The van der Waals surface area contributed by atoms with Crippen molar-refractivity contribution in [2.75, 3.05) is 6.61 Å². The molecule has 0 aromatic rings. The first-order valence-corrected chi connectivity index (χ1v) is 10.4. The van der Waals surface area contributed by atoms with Crippen molar-refractivity contribution in [1.82, 2.24) is 0 Å². The van der Waals surface area contributed by atoms with Gasteiger partial charge in [-0.15, -0.1) is 0 Å². The first-order chi connectivity index (χ1) is 10.7. The summed E-state index contributed by atoms with van der Waals surface area (Å²) in [5.74, 6) is 0. The van der Waals surface area contributed by atoms with Gasteiger partial charge in [-0.2, -0.15) is 4.21 Å². The van der Waals surface area contributed by atoms with Gasteiger partial charge in [0.1, 0.15) is 0 Å². The van der Waals surface area contributed by atoms with Crippen LogP contribution >= 0.6 is 0 Å². The van der Waals surface area contributed by atoms with Crippen molar-refractivity contribution in [3.63, 3.8) is 0 Å². The quantitative estimate of drug-likeness (QED) is 0.302. The first-order valence-electron chi connectivity index (χ1n) is 9.42. The molecule has 0 aliphatic rings. The summed E-state index contributed by atoms with van der Waals surface area (Å²) in [7, 11) is 0. The topological polar surface area (TPSA) is 35.5 Å². The van der Waals surface area contributed by atoms with Crippen LogP contribution in [0.4, 0.5) is 0 Å². The molecule has 2 atom stereocenters. The van der Waals surface area contributed by atoms with Gasteiger partial charge in [0.2, 0.25) is 0 Å². The molecule has 22 heavy (non-hydrogen) atoms. The Labute approximate surface area is 141 Å². The van der Waals surface area contributed by atoms with Crippen molar-refractivity contribution in [1.29, 1.82) is 0 Å². The Balaban J connectivity index is 3.18. The third kappa shape index (κ3) is 16.4. The van der Waals surface area contributed by atoms with E-state index in [9.17, 15) is 4.21 Å². The Morgan fingerprint density at radius 1 is 0.773 bits per heavy atom. The van der Waals surface area contributed by atoms with Crippen LogP contribution in [-0.2, 0) is 19.7 Å². The SMILES string of the molecule is CCCCCCCCCCCCCOS(=O)OC(C)CCC. The van der Waals surface area contributed by atoms with Crippen molar-refractivity contribution in [3.8, 4) is 0 Å². The average Bonchev–Trinajstić information content (AvgIpc) is 2.48. The fourth-order valence-electron chi connectivity index (χ4n) is 2.51. The standard InChI is InChI=1S/C18H38O3S/c1-4-6-7-8-9-10-11-12-13-14-15-17-20-22(19)21-18(3)16-5-2/h18H,4-17H2,1-3H3. The summed E-state index contributed by atoms with van der Waals surface area (Å²) in [5.41, 5.74) is 0. The average molecular weight is 335 g/mol. The third-order valence-electron chi connectivity index (χ3n) is 3.87. The van der Waals surface area contributed by atoms with E-state index in [0.29, 0.717) is 6.61 Å². The predicted molar refractivity (Wildman–Crippen MR) is 96.0 cm³/mol. The third-order valence-corrected chi connectivity index (χ3v) is 4.71. The van der Waals surface area contributed by atoms with Crippen molar-refractivity contribution in [3.05, 3.63) is 0 Å². The predicted octanol–water partition coefficient (Wildman–Crippen LogP) is 6.10. The fourth-order valence-corrected chi connectivity index (χ4v) is 3.18. The molecule has 0 aliphatic heterocycles. The van der Waals surface area contributed by atoms with E-state index < -0.39 is 11.4 Å². The highest BCUT2D eigenvalue weighted by atomic mass is 32.2. The molecule has 0 saturated heterocycles. The van der Waals surface area contributed by atoms with Gasteiger partial charge in [-0.1, -0.05) is 84.5 Å². The summed E-state index contributed by atoms with van der Waals surface area (Å²) < 4.78 is 21.9. The van der Waals surface area contributed by atoms with Crippen LogP contribution in [-0.4, -0.2) is 16.9 Å². The monoisotopic (exact) mass is 334 g/mol. The van der Waals surface area contributed by atoms with E-state index in [1.54, 1.807) is 0 Å². The Morgan fingerprint density at radius 3 is 1.77 bits per heavy atom. The van der Waals surface area contributed by atoms with Crippen LogP contribution in [0, 0.1) is 0 Å². The van der Waals surface area contributed by atoms with Crippen molar-refractivity contribution in [2.24, 2.45) is 0 Å². The summed E-state index contributed by atoms with van der Waals surface area (Å²) >= 11 is -1.57. The molecule has 0 fully saturated rings. The fraction of sp³-hybridized carbons (Fsp3) is 1.00. The minimum atomic E-state index is -1.57. The van der Waals surface area contributed by atoms with Crippen LogP contribution in [0.1, 0.15) is 104 Å². The number of hydrogen-bond acceptors (Lipinski definition) is 3. The Kier molecular flexibility index (Phi) is 17.5. The molecule has 0 radical (unpaired) electrons. The second kappa shape index (κ2) is 17.4. The normalized spacial score (nSPS) is 14.1.